The summed E-state index contributed by atoms with van der Waals surface area (Å²) < 4.78 is 0. The molecule has 108 valence electrons. The minimum absolute atomic E-state index is 0.0654. The van der Waals surface area contributed by atoms with Gasteiger partial charge >= 0.3 is 5.97 Å². The number of pyridine rings is 1. The van der Waals surface area contributed by atoms with Crippen molar-refractivity contribution in [1.29, 1.82) is 0 Å². The van der Waals surface area contributed by atoms with E-state index in [1.165, 1.54) is 36.2 Å². The lowest BCUT2D eigenvalue weighted by Crippen LogP contribution is -1.97. The number of benzene rings is 1. The molecule has 0 atom stereocenters. The Bertz CT molecular complexity index is 708. The van der Waals surface area contributed by atoms with Gasteiger partial charge in [-0.2, -0.15) is 0 Å². The number of carboxylic acids is 1. The van der Waals surface area contributed by atoms with Crippen molar-refractivity contribution in [3.63, 3.8) is 0 Å². The fourth-order valence-electron chi connectivity index (χ4n) is 1.60. The molecule has 2 rings (SSSR count). The summed E-state index contributed by atoms with van der Waals surface area (Å²) in [6, 6.07) is 7.25. The molecule has 1 N–H and O–H groups in total. The number of rotatable bonds is 5. The first kappa shape index (κ1) is 15.3. The summed E-state index contributed by atoms with van der Waals surface area (Å²) in [5.74, 6) is -0.750. The van der Waals surface area contributed by atoms with Crippen molar-refractivity contribution in [2.75, 3.05) is 0 Å². The maximum atomic E-state index is 11.0. The molecule has 0 bridgehead atoms. The molecule has 0 saturated carbocycles. The Kier molecular flexibility index (Phi) is 4.77. The van der Waals surface area contributed by atoms with Crippen molar-refractivity contribution in [3.8, 4) is 0 Å². The summed E-state index contributed by atoms with van der Waals surface area (Å²) in [6.07, 6.45) is 1.39. The number of carbonyl (C=O) groups is 1. The van der Waals surface area contributed by atoms with Crippen molar-refractivity contribution in [2.45, 2.75) is 10.8 Å². The van der Waals surface area contributed by atoms with E-state index < -0.39 is 10.9 Å². The standard InChI is InChI=1S/C13H9ClN2O4S/c14-10-2-1-9(11(6-10)16(19)20)7-21-12-5-8(13(17)18)3-4-15-12/h1-6H,7H2,(H,17,18). The van der Waals surface area contributed by atoms with Crippen LogP contribution in [-0.4, -0.2) is 21.0 Å². The van der Waals surface area contributed by atoms with Gasteiger partial charge < -0.3 is 5.11 Å². The van der Waals surface area contributed by atoms with E-state index in [-0.39, 0.29) is 11.3 Å². The van der Waals surface area contributed by atoms with E-state index in [1.54, 1.807) is 12.1 Å². The molecular formula is C13H9ClN2O4S. The second-order valence-electron chi connectivity index (χ2n) is 4.01. The van der Waals surface area contributed by atoms with Crippen LogP contribution >= 0.6 is 23.4 Å². The zero-order chi connectivity index (χ0) is 15.4. The molecule has 0 aliphatic heterocycles. The van der Waals surface area contributed by atoms with Crippen LogP contribution in [0.1, 0.15) is 15.9 Å². The molecule has 0 fully saturated rings. The number of nitrogens with zero attached hydrogens (tertiary/aromatic N) is 2. The van der Waals surface area contributed by atoms with Crippen LogP contribution in [0.15, 0.2) is 41.6 Å². The third-order valence-corrected chi connectivity index (χ3v) is 3.81. The second-order valence-corrected chi connectivity index (χ2v) is 5.44. The van der Waals surface area contributed by atoms with Crippen LogP contribution < -0.4 is 0 Å². The number of nitro benzene ring substituents is 1. The molecule has 1 aromatic heterocycles. The van der Waals surface area contributed by atoms with Crippen LogP contribution in [0.5, 0.6) is 0 Å². The predicted molar refractivity (Wildman–Crippen MR) is 78.9 cm³/mol. The van der Waals surface area contributed by atoms with Crippen molar-refractivity contribution < 1.29 is 14.8 Å². The topological polar surface area (TPSA) is 93.3 Å². The van der Waals surface area contributed by atoms with E-state index in [4.69, 9.17) is 16.7 Å². The van der Waals surface area contributed by atoms with Gasteiger partial charge in [0.2, 0.25) is 0 Å². The number of hydrogen-bond acceptors (Lipinski definition) is 5. The average Bonchev–Trinajstić information content (AvgIpc) is 2.46. The maximum absolute atomic E-state index is 11.0. The van der Waals surface area contributed by atoms with Gasteiger partial charge in [0, 0.05) is 28.6 Å². The molecule has 0 amide bonds. The lowest BCUT2D eigenvalue weighted by molar-refractivity contribution is -0.385. The lowest BCUT2D eigenvalue weighted by atomic mass is 10.2. The highest BCUT2D eigenvalue weighted by atomic mass is 35.5. The molecule has 1 aromatic carbocycles. The molecule has 0 spiro atoms. The second kappa shape index (κ2) is 6.55. The molecule has 8 heteroatoms. The zero-order valence-electron chi connectivity index (χ0n) is 10.5. The Morgan fingerprint density at radius 1 is 1.38 bits per heavy atom. The normalized spacial score (nSPS) is 10.3. The quantitative estimate of drug-likeness (QED) is 0.512. The van der Waals surface area contributed by atoms with Crippen LogP contribution in [0.3, 0.4) is 0 Å². The van der Waals surface area contributed by atoms with E-state index in [2.05, 4.69) is 4.98 Å². The van der Waals surface area contributed by atoms with E-state index in [9.17, 15) is 14.9 Å². The summed E-state index contributed by atoms with van der Waals surface area (Å²) in [7, 11) is 0. The summed E-state index contributed by atoms with van der Waals surface area (Å²) in [4.78, 5) is 25.4. The first-order chi connectivity index (χ1) is 9.97. The average molecular weight is 325 g/mol. The number of aromatic carboxylic acids is 1. The third kappa shape index (κ3) is 3.93. The van der Waals surface area contributed by atoms with Crippen LogP contribution in [0.4, 0.5) is 5.69 Å². The third-order valence-electron chi connectivity index (χ3n) is 2.60. The van der Waals surface area contributed by atoms with E-state index in [0.29, 0.717) is 21.4 Å². The molecule has 1 heterocycles. The van der Waals surface area contributed by atoms with Gasteiger partial charge in [0.05, 0.1) is 15.5 Å². The van der Waals surface area contributed by atoms with Crippen molar-refractivity contribution in [1.82, 2.24) is 4.98 Å². The zero-order valence-corrected chi connectivity index (χ0v) is 12.1. The summed E-state index contributed by atoms with van der Waals surface area (Å²) in [5, 5.41) is 20.7. The van der Waals surface area contributed by atoms with E-state index in [0.717, 1.165) is 0 Å². The molecule has 0 radical (unpaired) electrons. The highest BCUT2D eigenvalue weighted by Gasteiger charge is 2.15. The number of hydrogen-bond donors (Lipinski definition) is 1. The minimum atomic E-state index is -1.04. The van der Waals surface area contributed by atoms with Crippen LogP contribution in [0.2, 0.25) is 5.02 Å². The number of nitro groups is 1. The molecule has 0 aliphatic carbocycles. The summed E-state index contributed by atoms with van der Waals surface area (Å²) in [5.41, 5.74) is 0.555. The largest absolute Gasteiger partial charge is 0.478 e. The first-order valence-corrected chi connectivity index (χ1v) is 7.08. The highest BCUT2D eigenvalue weighted by Crippen LogP contribution is 2.29. The summed E-state index contributed by atoms with van der Waals surface area (Å²) >= 11 is 6.97. The maximum Gasteiger partial charge on any atom is 0.335 e. The molecule has 0 unspecified atom stereocenters. The molecular weight excluding hydrogens is 316 g/mol. The first-order valence-electron chi connectivity index (χ1n) is 5.72. The minimum Gasteiger partial charge on any atom is -0.478 e. The van der Waals surface area contributed by atoms with Gasteiger partial charge in [-0.25, -0.2) is 9.78 Å². The van der Waals surface area contributed by atoms with E-state index >= 15 is 0 Å². The molecule has 6 nitrogen and oxygen atoms in total. The number of aromatic nitrogens is 1. The predicted octanol–water partition coefficient (Wildman–Crippen LogP) is 3.63. The Labute approximate surface area is 128 Å². The highest BCUT2D eigenvalue weighted by molar-refractivity contribution is 7.98. The summed E-state index contributed by atoms with van der Waals surface area (Å²) in [6.45, 7) is 0. The van der Waals surface area contributed by atoms with Gasteiger partial charge in [0.1, 0.15) is 0 Å². The SMILES string of the molecule is O=C(O)c1ccnc(SCc2ccc(Cl)cc2[N+](=O)[O-])c1. The van der Waals surface area contributed by atoms with Gasteiger partial charge in [-0.1, -0.05) is 11.6 Å². The molecule has 2 aromatic rings. The van der Waals surface area contributed by atoms with Crippen molar-refractivity contribution in [2.24, 2.45) is 0 Å². The van der Waals surface area contributed by atoms with Crippen LogP contribution in [0, 0.1) is 10.1 Å². The fraction of sp³-hybridized carbons (Fsp3) is 0.0769. The molecule has 21 heavy (non-hydrogen) atoms. The van der Waals surface area contributed by atoms with E-state index in [1.807, 2.05) is 0 Å². The van der Waals surface area contributed by atoms with Gasteiger partial charge in [-0.05, 0) is 24.3 Å². The monoisotopic (exact) mass is 324 g/mol. The Morgan fingerprint density at radius 3 is 2.81 bits per heavy atom. The smallest absolute Gasteiger partial charge is 0.335 e. The number of thioether (sulfide) groups is 1. The van der Waals surface area contributed by atoms with Gasteiger partial charge in [0.15, 0.2) is 0 Å². The van der Waals surface area contributed by atoms with Crippen molar-refractivity contribution in [3.05, 3.63) is 62.8 Å². The Hall–Kier alpha value is -2.12. The molecule has 0 aliphatic rings. The number of halogens is 1. The Morgan fingerprint density at radius 2 is 2.14 bits per heavy atom. The van der Waals surface area contributed by atoms with Gasteiger partial charge in [-0.3, -0.25) is 10.1 Å². The van der Waals surface area contributed by atoms with Crippen LogP contribution in [0.25, 0.3) is 0 Å². The van der Waals surface area contributed by atoms with Crippen molar-refractivity contribution >= 4 is 35.0 Å². The Balaban J connectivity index is 2.18. The lowest BCUT2D eigenvalue weighted by Gasteiger charge is -2.04. The number of carboxylic acid groups (broad SMARTS) is 1. The van der Waals surface area contributed by atoms with Gasteiger partial charge in [0.25, 0.3) is 5.69 Å². The molecule has 0 saturated heterocycles. The van der Waals surface area contributed by atoms with Gasteiger partial charge in [-0.15, -0.1) is 11.8 Å². The van der Waals surface area contributed by atoms with Crippen LogP contribution in [-0.2, 0) is 5.75 Å². The fourth-order valence-corrected chi connectivity index (χ4v) is 2.66.